The molecule has 1 heterocycles. The first-order valence-electron chi connectivity index (χ1n) is 8.27. The molecule has 22 heavy (non-hydrogen) atoms. The van der Waals surface area contributed by atoms with Crippen LogP contribution >= 0.6 is 24.0 Å². The normalized spacial score (nSPS) is 22.4. The van der Waals surface area contributed by atoms with Crippen molar-refractivity contribution in [3.05, 3.63) is 0 Å². The molecule has 5 nitrogen and oxygen atoms in total. The van der Waals surface area contributed by atoms with E-state index in [9.17, 15) is 0 Å². The van der Waals surface area contributed by atoms with E-state index < -0.39 is 0 Å². The summed E-state index contributed by atoms with van der Waals surface area (Å²) in [5, 5.41) is 3.42. The van der Waals surface area contributed by atoms with Gasteiger partial charge in [-0.1, -0.05) is 13.8 Å². The lowest BCUT2D eigenvalue weighted by Gasteiger charge is -2.37. The number of aliphatic imine (C=N–C) groups is 1. The highest BCUT2D eigenvalue weighted by Crippen LogP contribution is 2.20. The highest BCUT2D eigenvalue weighted by molar-refractivity contribution is 14.0. The molecule has 0 aromatic carbocycles. The Kier molecular flexibility index (Phi) is 13.3. The molecule has 0 saturated carbocycles. The van der Waals surface area contributed by atoms with Crippen LogP contribution in [0.1, 0.15) is 33.6 Å². The zero-order chi connectivity index (χ0) is 15.5. The molecule has 1 aliphatic rings. The zero-order valence-corrected chi connectivity index (χ0v) is 17.0. The molecule has 1 fully saturated rings. The van der Waals surface area contributed by atoms with Crippen LogP contribution in [0, 0.1) is 11.8 Å². The first kappa shape index (κ1) is 21.9. The van der Waals surface area contributed by atoms with Crippen LogP contribution in [0.5, 0.6) is 0 Å². The van der Waals surface area contributed by atoms with Gasteiger partial charge in [-0.25, -0.2) is 0 Å². The number of methoxy groups -OCH3 is 1. The zero-order valence-electron chi connectivity index (χ0n) is 14.6. The molecule has 0 radical (unpaired) electrons. The number of ether oxygens (including phenoxy) is 2. The maximum absolute atomic E-state index is 5.47. The minimum absolute atomic E-state index is 0. The highest BCUT2D eigenvalue weighted by atomic mass is 127. The Morgan fingerprint density at radius 3 is 2.45 bits per heavy atom. The molecule has 0 aliphatic carbocycles. The molecule has 0 spiro atoms. The molecule has 132 valence electrons. The highest BCUT2D eigenvalue weighted by Gasteiger charge is 2.23. The number of halogens is 1. The van der Waals surface area contributed by atoms with Crippen LogP contribution < -0.4 is 5.32 Å². The number of piperidine rings is 1. The molecule has 0 bridgehead atoms. The van der Waals surface area contributed by atoms with Gasteiger partial charge in [0, 0.05) is 39.9 Å². The van der Waals surface area contributed by atoms with Crippen LogP contribution in [0.15, 0.2) is 4.99 Å². The molecule has 0 aromatic heterocycles. The topological polar surface area (TPSA) is 46.1 Å². The van der Waals surface area contributed by atoms with E-state index >= 15 is 0 Å². The van der Waals surface area contributed by atoms with Crippen molar-refractivity contribution in [3.63, 3.8) is 0 Å². The van der Waals surface area contributed by atoms with Crippen LogP contribution in [0.3, 0.4) is 0 Å². The Balaban J connectivity index is 0.00000441. The van der Waals surface area contributed by atoms with Crippen LogP contribution in [-0.4, -0.2) is 64.0 Å². The van der Waals surface area contributed by atoms with Crippen molar-refractivity contribution in [3.8, 4) is 0 Å². The number of likely N-dealkylation sites (tertiary alicyclic amines) is 1. The predicted octanol–water partition coefficient (Wildman–Crippen LogP) is 2.60. The lowest BCUT2D eigenvalue weighted by molar-refractivity contribution is 0.0702. The Labute approximate surface area is 153 Å². The summed E-state index contributed by atoms with van der Waals surface area (Å²) in [5.74, 6) is 2.55. The van der Waals surface area contributed by atoms with Gasteiger partial charge in [-0.2, -0.15) is 0 Å². The van der Waals surface area contributed by atoms with Crippen LogP contribution in [0.4, 0.5) is 0 Å². The standard InChI is InChI=1S/C16H33N3O2.HI/c1-5-17-16(18-7-6-8-21-10-9-20-4)19-12-14(2)11-15(3)13-19;/h14-15H,5-13H2,1-4H3,(H,17,18);1H. The molecule has 0 aromatic rings. The van der Waals surface area contributed by atoms with Gasteiger partial charge in [0.05, 0.1) is 13.2 Å². The minimum Gasteiger partial charge on any atom is -0.382 e. The van der Waals surface area contributed by atoms with Crippen LogP contribution in [0.25, 0.3) is 0 Å². The largest absolute Gasteiger partial charge is 0.382 e. The van der Waals surface area contributed by atoms with E-state index in [1.807, 2.05) is 0 Å². The van der Waals surface area contributed by atoms with E-state index in [0.717, 1.165) is 57.0 Å². The summed E-state index contributed by atoms with van der Waals surface area (Å²) in [5.41, 5.74) is 0. The number of hydrogen-bond donors (Lipinski definition) is 1. The number of guanidine groups is 1. The average molecular weight is 427 g/mol. The average Bonchev–Trinajstić information content (AvgIpc) is 2.44. The third kappa shape index (κ3) is 9.15. The van der Waals surface area contributed by atoms with Crippen molar-refractivity contribution < 1.29 is 9.47 Å². The van der Waals surface area contributed by atoms with E-state index in [1.54, 1.807) is 7.11 Å². The van der Waals surface area contributed by atoms with Crippen molar-refractivity contribution in [2.24, 2.45) is 16.8 Å². The van der Waals surface area contributed by atoms with Gasteiger partial charge in [-0.05, 0) is 31.6 Å². The second-order valence-electron chi connectivity index (χ2n) is 6.05. The van der Waals surface area contributed by atoms with Crippen molar-refractivity contribution in [2.75, 3.05) is 53.1 Å². The molecule has 1 N–H and O–H groups in total. The first-order chi connectivity index (χ1) is 10.2. The van der Waals surface area contributed by atoms with Gasteiger partial charge in [-0.3, -0.25) is 4.99 Å². The van der Waals surface area contributed by atoms with Gasteiger partial charge in [0.1, 0.15) is 0 Å². The maximum atomic E-state index is 5.47. The van der Waals surface area contributed by atoms with Gasteiger partial charge in [0.25, 0.3) is 0 Å². The fraction of sp³-hybridized carbons (Fsp3) is 0.938. The molecule has 2 unspecified atom stereocenters. The number of hydrogen-bond acceptors (Lipinski definition) is 3. The van der Waals surface area contributed by atoms with E-state index in [2.05, 4.69) is 31.0 Å². The van der Waals surface area contributed by atoms with Crippen molar-refractivity contribution in [1.82, 2.24) is 10.2 Å². The lowest BCUT2D eigenvalue weighted by atomic mass is 9.92. The minimum atomic E-state index is 0. The van der Waals surface area contributed by atoms with Gasteiger partial charge in [-0.15, -0.1) is 24.0 Å². The van der Waals surface area contributed by atoms with Gasteiger partial charge < -0.3 is 19.7 Å². The summed E-state index contributed by atoms with van der Waals surface area (Å²) in [6.45, 7) is 12.8. The van der Waals surface area contributed by atoms with Crippen molar-refractivity contribution in [1.29, 1.82) is 0 Å². The molecule has 1 rings (SSSR count). The summed E-state index contributed by atoms with van der Waals surface area (Å²) in [4.78, 5) is 7.15. The van der Waals surface area contributed by atoms with Crippen LogP contribution in [-0.2, 0) is 9.47 Å². The van der Waals surface area contributed by atoms with Gasteiger partial charge in [0.2, 0.25) is 0 Å². The van der Waals surface area contributed by atoms with Crippen molar-refractivity contribution >= 4 is 29.9 Å². The summed E-state index contributed by atoms with van der Waals surface area (Å²) in [6, 6.07) is 0. The first-order valence-corrected chi connectivity index (χ1v) is 8.27. The Bertz CT molecular complexity index is 293. The molecular weight excluding hydrogens is 393 g/mol. The number of rotatable bonds is 8. The Morgan fingerprint density at radius 2 is 1.86 bits per heavy atom. The molecule has 1 aliphatic heterocycles. The number of nitrogens with one attached hydrogen (secondary N) is 1. The van der Waals surface area contributed by atoms with E-state index in [-0.39, 0.29) is 24.0 Å². The fourth-order valence-corrected chi connectivity index (χ4v) is 2.86. The fourth-order valence-electron chi connectivity index (χ4n) is 2.86. The molecular formula is C16H34IN3O2. The second-order valence-corrected chi connectivity index (χ2v) is 6.05. The summed E-state index contributed by atoms with van der Waals surface area (Å²) in [7, 11) is 1.69. The smallest absolute Gasteiger partial charge is 0.193 e. The number of nitrogens with zero attached hydrogens (tertiary/aromatic N) is 2. The summed E-state index contributed by atoms with van der Waals surface area (Å²) >= 11 is 0. The third-order valence-electron chi connectivity index (χ3n) is 3.64. The second kappa shape index (κ2) is 13.4. The third-order valence-corrected chi connectivity index (χ3v) is 3.64. The van der Waals surface area contributed by atoms with Crippen molar-refractivity contribution in [2.45, 2.75) is 33.6 Å². The van der Waals surface area contributed by atoms with Gasteiger partial charge >= 0.3 is 0 Å². The maximum Gasteiger partial charge on any atom is 0.193 e. The quantitative estimate of drug-likeness (QED) is 0.280. The summed E-state index contributed by atoms with van der Waals surface area (Å²) < 4.78 is 10.4. The van der Waals surface area contributed by atoms with Crippen LogP contribution in [0.2, 0.25) is 0 Å². The van der Waals surface area contributed by atoms with E-state index in [4.69, 9.17) is 14.5 Å². The van der Waals surface area contributed by atoms with E-state index in [0.29, 0.717) is 13.2 Å². The molecule has 1 saturated heterocycles. The lowest BCUT2D eigenvalue weighted by Crippen LogP contribution is -2.48. The Hall–Kier alpha value is -0.0800. The predicted molar refractivity (Wildman–Crippen MR) is 103 cm³/mol. The molecule has 0 amide bonds. The Morgan fingerprint density at radius 1 is 1.18 bits per heavy atom. The molecule has 6 heteroatoms. The monoisotopic (exact) mass is 427 g/mol. The SMILES string of the molecule is CCNC(=NCCCOCCOC)N1CC(C)CC(C)C1.I. The summed E-state index contributed by atoms with van der Waals surface area (Å²) in [6.07, 6.45) is 2.28. The van der Waals surface area contributed by atoms with Gasteiger partial charge in [0.15, 0.2) is 5.96 Å². The van der Waals surface area contributed by atoms with E-state index in [1.165, 1.54) is 6.42 Å². The molecule has 2 atom stereocenters.